The monoisotopic (exact) mass is 285 g/mol. The number of aromatic nitrogens is 4. The molecule has 0 saturated heterocycles. The lowest BCUT2D eigenvalue weighted by Gasteiger charge is -2.11. The predicted molar refractivity (Wildman–Crippen MR) is 77.2 cm³/mol. The van der Waals surface area contributed by atoms with Gasteiger partial charge in [0.1, 0.15) is 5.75 Å². The summed E-state index contributed by atoms with van der Waals surface area (Å²) in [5.74, 6) is 0.766. The van der Waals surface area contributed by atoms with Gasteiger partial charge < -0.3 is 10.5 Å². The van der Waals surface area contributed by atoms with Crippen molar-refractivity contribution in [2.45, 2.75) is 12.6 Å². The summed E-state index contributed by atoms with van der Waals surface area (Å²) in [6.07, 6.45) is 4.67. The van der Waals surface area contributed by atoms with Crippen molar-refractivity contribution in [2.75, 3.05) is 7.11 Å². The number of ether oxygens (including phenoxy) is 1. The first-order chi connectivity index (χ1) is 10.2. The second-order valence-corrected chi connectivity index (χ2v) is 4.65. The molecule has 0 bridgehead atoms. The predicted octanol–water partition coefficient (Wildman–Crippen LogP) is 0.600. The van der Waals surface area contributed by atoms with Crippen molar-refractivity contribution < 1.29 is 4.74 Å². The van der Waals surface area contributed by atoms with Gasteiger partial charge in [-0.15, -0.1) is 5.10 Å². The molecule has 0 spiro atoms. The van der Waals surface area contributed by atoms with Gasteiger partial charge in [-0.2, -0.15) is 0 Å². The molecule has 1 aromatic carbocycles. The Balaban J connectivity index is 1.87. The molecule has 1 atom stereocenters. The Morgan fingerprint density at radius 3 is 2.76 bits per heavy atom. The van der Waals surface area contributed by atoms with Crippen LogP contribution in [0.1, 0.15) is 11.6 Å². The number of rotatable bonds is 4. The first-order valence-electron chi connectivity index (χ1n) is 6.48. The number of methoxy groups -OCH3 is 1. The summed E-state index contributed by atoms with van der Waals surface area (Å²) in [5, 5.41) is 4.21. The van der Waals surface area contributed by atoms with Gasteiger partial charge in [0.2, 0.25) is 0 Å². The van der Waals surface area contributed by atoms with Crippen molar-refractivity contribution in [2.24, 2.45) is 5.73 Å². The van der Waals surface area contributed by atoms with Crippen LogP contribution in [0.25, 0.3) is 5.65 Å². The molecule has 7 nitrogen and oxygen atoms in total. The van der Waals surface area contributed by atoms with E-state index in [1.165, 1.54) is 15.3 Å². The van der Waals surface area contributed by atoms with Gasteiger partial charge >= 0.3 is 5.69 Å². The first-order valence-corrected chi connectivity index (χ1v) is 6.48. The molecular weight excluding hydrogens is 270 g/mol. The van der Waals surface area contributed by atoms with Crippen molar-refractivity contribution in [3.05, 3.63) is 58.9 Å². The summed E-state index contributed by atoms with van der Waals surface area (Å²) in [6.45, 7) is 0.298. The minimum atomic E-state index is -0.327. The van der Waals surface area contributed by atoms with Gasteiger partial charge in [-0.3, -0.25) is 4.98 Å². The molecule has 0 radical (unpaired) electrons. The average Bonchev–Trinajstić information content (AvgIpc) is 2.84. The molecular formula is C14H15N5O2. The smallest absolute Gasteiger partial charge is 0.350 e. The Bertz CT molecular complexity index is 806. The summed E-state index contributed by atoms with van der Waals surface area (Å²) >= 11 is 0. The molecule has 3 aromatic rings. The average molecular weight is 285 g/mol. The molecule has 3 rings (SSSR count). The number of nitrogens with zero attached hydrogens (tertiary/aromatic N) is 4. The zero-order valence-electron chi connectivity index (χ0n) is 11.5. The standard InChI is InChI=1S/C14H15N5O2/c1-21-11-4-2-10(3-5-11)12(15)9-19-14(20)18-7-6-16-8-13(18)17-19/h2-8,12H,9,15H2,1H3. The van der Waals surface area contributed by atoms with Gasteiger partial charge in [0.15, 0.2) is 5.65 Å². The van der Waals surface area contributed by atoms with Gasteiger partial charge in [0, 0.05) is 18.4 Å². The highest BCUT2D eigenvalue weighted by Crippen LogP contribution is 2.16. The van der Waals surface area contributed by atoms with E-state index in [9.17, 15) is 4.79 Å². The molecule has 2 aromatic heterocycles. The summed E-state index contributed by atoms with van der Waals surface area (Å²) in [5.41, 5.74) is 7.34. The van der Waals surface area contributed by atoms with E-state index in [1.54, 1.807) is 19.5 Å². The second kappa shape index (κ2) is 5.37. The van der Waals surface area contributed by atoms with Crippen LogP contribution in [0, 0.1) is 0 Å². The van der Waals surface area contributed by atoms with Crippen LogP contribution in [0.4, 0.5) is 0 Å². The van der Waals surface area contributed by atoms with Crippen molar-refractivity contribution >= 4 is 5.65 Å². The molecule has 0 aliphatic carbocycles. The Kier molecular flexibility index (Phi) is 3.41. The molecule has 0 aliphatic heterocycles. The maximum Gasteiger partial charge on any atom is 0.350 e. The van der Waals surface area contributed by atoms with E-state index < -0.39 is 0 Å². The van der Waals surface area contributed by atoms with Gasteiger partial charge in [0.25, 0.3) is 0 Å². The van der Waals surface area contributed by atoms with E-state index in [1.807, 2.05) is 24.3 Å². The van der Waals surface area contributed by atoms with Gasteiger partial charge in [0.05, 0.1) is 19.9 Å². The van der Waals surface area contributed by atoms with Crippen LogP contribution in [0.3, 0.4) is 0 Å². The largest absolute Gasteiger partial charge is 0.497 e. The van der Waals surface area contributed by atoms with Crippen LogP contribution < -0.4 is 16.2 Å². The Morgan fingerprint density at radius 1 is 1.33 bits per heavy atom. The number of hydrogen-bond donors (Lipinski definition) is 1. The number of fused-ring (bicyclic) bond motifs is 1. The van der Waals surface area contributed by atoms with Crippen LogP contribution in [-0.4, -0.2) is 26.3 Å². The Hall–Kier alpha value is -2.67. The fourth-order valence-corrected chi connectivity index (χ4v) is 2.14. The number of benzene rings is 1. The quantitative estimate of drug-likeness (QED) is 0.758. The SMILES string of the molecule is COc1ccc(C(N)Cn2nc3cnccn3c2=O)cc1. The molecule has 0 aliphatic rings. The second-order valence-electron chi connectivity index (χ2n) is 4.65. The lowest BCUT2D eigenvalue weighted by molar-refractivity contribution is 0.414. The minimum Gasteiger partial charge on any atom is -0.497 e. The normalized spacial score (nSPS) is 12.5. The van der Waals surface area contributed by atoms with E-state index in [0.29, 0.717) is 12.2 Å². The molecule has 108 valence electrons. The van der Waals surface area contributed by atoms with E-state index in [0.717, 1.165) is 11.3 Å². The zero-order valence-corrected chi connectivity index (χ0v) is 11.5. The van der Waals surface area contributed by atoms with Crippen LogP contribution in [0.2, 0.25) is 0 Å². The lowest BCUT2D eigenvalue weighted by Crippen LogP contribution is -2.27. The highest BCUT2D eigenvalue weighted by molar-refractivity contribution is 5.32. The van der Waals surface area contributed by atoms with E-state index in [4.69, 9.17) is 10.5 Å². The van der Waals surface area contributed by atoms with Crippen molar-refractivity contribution in [3.63, 3.8) is 0 Å². The van der Waals surface area contributed by atoms with Crippen LogP contribution in [0.15, 0.2) is 47.7 Å². The molecule has 0 fully saturated rings. The summed E-state index contributed by atoms with van der Waals surface area (Å²) < 4.78 is 7.90. The third kappa shape index (κ3) is 2.50. The first kappa shape index (κ1) is 13.3. The molecule has 0 amide bonds. The topological polar surface area (TPSA) is 87.4 Å². The van der Waals surface area contributed by atoms with Crippen molar-refractivity contribution in [1.29, 1.82) is 0 Å². The molecule has 0 saturated carbocycles. The van der Waals surface area contributed by atoms with Gasteiger partial charge in [-0.25, -0.2) is 13.9 Å². The number of nitrogens with two attached hydrogens (primary N) is 1. The van der Waals surface area contributed by atoms with E-state index >= 15 is 0 Å². The fraction of sp³-hybridized carbons (Fsp3) is 0.214. The molecule has 21 heavy (non-hydrogen) atoms. The van der Waals surface area contributed by atoms with Crippen molar-refractivity contribution in [1.82, 2.24) is 19.2 Å². The lowest BCUT2D eigenvalue weighted by atomic mass is 10.1. The van der Waals surface area contributed by atoms with E-state index in [-0.39, 0.29) is 11.7 Å². The third-order valence-corrected chi connectivity index (χ3v) is 3.30. The van der Waals surface area contributed by atoms with Gasteiger partial charge in [-0.05, 0) is 17.7 Å². The maximum atomic E-state index is 12.2. The maximum absolute atomic E-state index is 12.2. The number of hydrogen-bond acceptors (Lipinski definition) is 5. The Labute approximate surface area is 120 Å². The zero-order chi connectivity index (χ0) is 14.8. The van der Waals surface area contributed by atoms with Crippen molar-refractivity contribution in [3.8, 4) is 5.75 Å². The fourth-order valence-electron chi connectivity index (χ4n) is 2.14. The summed E-state index contributed by atoms with van der Waals surface area (Å²) in [4.78, 5) is 16.1. The highest BCUT2D eigenvalue weighted by atomic mass is 16.5. The highest BCUT2D eigenvalue weighted by Gasteiger charge is 2.12. The van der Waals surface area contributed by atoms with Gasteiger partial charge in [-0.1, -0.05) is 12.1 Å². The minimum absolute atomic E-state index is 0.226. The molecule has 7 heteroatoms. The third-order valence-electron chi connectivity index (χ3n) is 3.30. The molecule has 1 unspecified atom stereocenters. The van der Waals surface area contributed by atoms with Crippen LogP contribution in [0.5, 0.6) is 5.75 Å². The Morgan fingerprint density at radius 2 is 2.10 bits per heavy atom. The molecule has 2 N–H and O–H groups in total. The van der Waals surface area contributed by atoms with Crippen LogP contribution in [-0.2, 0) is 6.54 Å². The molecule has 2 heterocycles. The summed E-state index contributed by atoms with van der Waals surface area (Å²) in [6, 6.07) is 7.11. The van der Waals surface area contributed by atoms with Crippen LogP contribution >= 0.6 is 0 Å². The summed E-state index contributed by atoms with van der Waals surface area (Å²) in [7, 11) is 1.61. The van der Waals surface area contributed by atoms with E-state index in [2.05, 4.69) is 10.1 Å².